The molecule has 0 fully saturated rings. The summed E-state index contributed by atoms with van der Waals surface area (Å²) in [4.78, 5) is 37.4. The van der Waals surface area contributed by atoms with E-state index in [-0.39, 0.29) is 18.4 Å². The lowest BCUT2D eigenvalue weighted by molar-refractivity contribution is -0.160. The van der Waals surface area contributed by atoms with E-state index in [9.17, 15) is 14.4 Å². The van der Waals surface area contributed by atoms with E-state index in [0.717, 1.165) is 16.8 Å². The van der Waals surface area contributed by atoms with Crippen molar-refractivity contribution in [3.05, 3.63) is 59.7 Å². The number of amides is 2. The number of esters is 1. The third-order valence-corrected chi connectivity index (χ3v) is 4.62. The van der Waals surface area contributed by atoms with Gasteiger partial charge in [-0.1, -0.05) is 30.3 Å². The molecule has 29 heavy (non-hydrogen) atoms. The molecule has 1 heterocycles. The molecule has 7 heteroatoms. The van der Waals surface area contributed by atoms with Gasteiger partial charge in [0.25, 0.3) is 5.91 Å². The number of anilines is 1. The number of carbonyl (C=O) groups is 3. The number of rotatable bonds is 7. The Hall–Kier alpha value is -3.35. The first-order chi connectivity index (χ1) is 13.9. The highest BCUT2D eigenvalue weighted by molar-refractivity contribution is 5.94. The molecule has 2 amide bonds. The van der Waals surface area contributed by atoms with Crippen molar-refractivity contribution >= 4 is 23.5 Å². The fourth-order valence-corrected chi connectivity index (χ4v) is 3.12. The summed E-state index contributed by atoms with van der Waals surface area (Å²) in [5.74, 6) is -0.403. The summed E-state index contributed by atoms with van der Waals surface area (Å²) in [6.45, 7) is 1.68. The molecule has 0 aliphatic carbocycles. The zero-order valence-corrected chi connectivity index (χ0v) is 16.5. The van der Waals surface area contributed by atoms with Gasteiger partial charge < -0.3 is 19.7 Å². The Labute approximate surface area is 169 Å². The van der Waals surface area contributed by atoms with Crippen LogP contribution >= 0.6 is 0 Å². The fraction of sp³-hybridized carbons (Fsp3) is 0.318. The molecule has 7 nitrogen and oxygen atoms in total. The smallest absolute Gasteiger partial charge is 0.344 e. The lowest BCUT2D eigenvalue weighted by Crippen LogP contribution is -2.37. The second-order valence-corrected chi connectivity index (χ2v) is 6.97. The molecule has 1 N–H and O–H groups in total. The number of nitrogens with zero attached hydrogens (tertiary/aromatic N) is 1. The number of nitrogens with one attached hydrogen (secondary N) is 1. The number of hydrogen-bond donors (Lipinski definition) is 1. The Bertz CT molecular complexity index is 897. The van der Waals surface area contributed by atoms with Crippen molar-refractivity contribution < 1.29 is 23.9 Å². The lowest BCUT2D eigenvalue weighted by Gasteiger charge is -2.21. The van der Waals surface area contributed by atoms with Crippen molar-refractivity contribution in [2.75, 3.05) is 19.0 Å². The molecule has 3 rings (SSSR count). The summed E-state index contributed by atoms with van der Waals surface area (Å²) in [5.41, 5.74) is 2.72. The second kappa shape index (κ2) is 9.23. The van der Waals surface area contributed by atoms with Crippen LogP contribution in [0.4, 0.5) is 5.69 Å². The van der Waals surface area contributed by atoms with E-state index in [2.05, 4.69) is 5.32 Å². The van der Waals surface area contributed by atoms with Gasteiger partial charge in [0, 0.05) is 25.7 Å². The van der Waals surface area contributed by atoms with Crippen LogP contribution in [0.3, 0.4) is 0 Å². The van der Waals surface area contributed by atoms with Gasteiger partial charge >= 0.3 is 5.97 Å². The molecule has 0 spiro atoms. The minimum atomic E-state index is -0.904. The highest BCUT2D eigenvalue weighted by Crippen LogP contribution is 2.26. The first-order valence-electron chi connectivity index (χ1n) is 9.46. The Kier molecular flexibility index (Phi) is 6.49. The first-order valence-corrected chi connectivity index (χ1v) is 9.46. The first kappa shape index (κ1) is 20.4. The number of benzene rings is 2. The number of likely N-dealkylation sites (N-methyl/N-ethyl adjacent to an activating group) is 1. The third-order valence-electron chi connectivity index (χ3n) is 4.62. The molecule has 0 bridgehead atoms. The molecule has 1 aliphatic heterocycles. The van der Waals surface area contributed by atoms with E-state index in [1.807, 2.05) is 30.3 Å². The third kappa shape index (κ3) is 5.57. The molecular weight excluding hydrogens is 372 g/mol. The van der Waals surface area contributed by atoms with E-state index in [0.29, 0.717) is 25.1 Å². The van der Waals surface area contributed by atoms with Gasteiger partial charge in [0.05, 0.1) is 0 Å². The van der Waals surface area contributed by atoms with Crippen molar-refractivity contribution in [3.63, 3.8) is 0 Å². The largest absolute Gasteiger partial charge is 0.482 e. The summed E-state index contributed by atoms with van der Waals surface area (Å²) in [5, 5.41) is 2.79. The van der Waals surface area contributed by atoms with Crippen LogP contribution in [0.25, 0.3) is 0 Å². The van der Waals surface area contributed by atoms with Crippen LogP contribution < -0.4 is 10.1 Å². The average molecular weight is 396 g/mol. The molecule has 1 unspecified atom stereocenters. The van der Waals surface area contributed by atoms with Gasteiger partial charge in [-0.05, 0) is 42.7 Å². The summed E-state index contributed by atoms with van der Waals surface area (Å²) >= 11 is 0. The summed E-state index contributed by atoms with van der Waals surface area (Å²) < 4.78 is 10.7. The minimum absolute atomic E-state index is 0.00867. The molecule has 0 radical (unpaired) electrons. The quantitative estimate of drug-likeness (QED) is 0.727. The molecule has 2 aromatic carbocycles. The van der Waals surface area contributed by atoms with E-state index in [4.69, 9.17) is 9.47 Å². The maximum absolute atomic E-state index is 12.4. The van der Waals surface area contributed by atoms with Gasteiger partial charge in [0.15, 0.2) is 12.7 Å². The number of aryl methyl sites for hydroxylation is 1. The van der Waals surface area contributed by atoms with Gasteiger partial charge in [0.2, 0.25) is 5.91 Å². The van der Waals surface area contributed by atoms with Gasteiger partial charge in [-0.25, -0.2) is 4.79 Å². The number of fused-ring (bicyclic) bond motifs is 1. The predicted octanol–water partition coefficient (Wildman–Crippen LogP) is 2.54. The normalized spacial score (nSPS) is 13.7. The Balaban J connectivity index is 1.47. The second-order valence-electron chi connectivity index (χ2n) is 6.97. The van der Waals surface area contributed by atoms with Crippen molar-refractivity contribution in [1.29, 1.82) is 0 Å². The lowest BCUT2D eigenvalue weighted by atomic mass is 10.0. The van der Waals surface area contributed by atoms with Gasteiger partial charge in [-0.2, -0.15) is 0 Å². The van der Waals surface area contributed by atoms with Crippen LogP contribution in [0.2, 0.25) is 0 Å². The Morgan fingerprint density at radius 2 is 1.90 bits per heavy atom. The minimum Gasteiger partial charge on any atom is -0.482 e. The van der Waals surface area contributed by atoms with E-state index >= 15 is 0 Å². The van der Waals surface area contributed by atoms with Gasteiger partial charge in [0.1, 0.15) is 5.75 Å². The molecule has 152 valence electrons. The molecule has 1 atom stereocenters. The molecule has 0 saturated carbocycles. The van der Waals surface area contributed by atoms with Crippen molar-refractivity contribution in [1.82, 2.24) is 4.90 Å². The maximum Gasteiger partial charge on any atom is 0.344 e. The Morgan fingerprint density at radius 1 is 1.14 bits per heavy atom. The topological polar surface area (TPSA) is 84.9 Å². The average Bonchev–Trinajstić information content (AvgIpc) is 2.72. The highest BCUT2D eigenvalue weighted by atomic mass is 16.6. The summed E-state index contributed by atoms with van der Waals surface area (Å²) in [7, 11) is 1.67. The van der Waals surface area contributed by atoms with Crippen molar-refractivity contribution in [3.8, 4) is 5.75 Å². The number of ether oxygens (including phenoxy) is 2. The van der Waals surface area contributed by atoms with Crippen LogP contribution in [0, 0.1) is 0 Å². The van der Waals surface area contributed by atoms with Crippen molar-refractivity contribution in [2.45, 2.75) is 32.4 Å². The molecular formula is C22H24N2O5. The number of hydrogen-bond acceptors (Lipinski definition) is 5. The van der Waals surface area contributed by atoms with Crippen molar-refractivity contribution in [2.24, 2.45) is 0 Å². The van der Waals surface area contributed by atoms with E-state index in [1.54, 1.807) is 32.2 Å². The molecule has 2 aromatic rings. The zero-order valence-electron chi connectivity index (χ0n) is 16.5. The molecule has 1 aliphatic rings. The fourth-order valence-electron chi connectivity index (χ4n) is 3.12. The molecule has 0 saturated heterocycles. The Morgan fingerprint density at radius 3 is 2.66 bits per heavy atom. The maximum atomic E-state index is 12.4. The standard InChI is InChI=1S/C22H24N2O5/c1-15(22(27)24(2)13-16-6-4-3-5-7-16)29-21(26)14-28-18-9-10-19-17(12-18)8-11-20(25)23-19/h3-7,9-10,12,15H,8,11,13-14H2,1-2H3,(H,23,25). The summed E-state index contributed by atoms with van der Waals surface area (Å²) in [6, 6.07) is 14.8. The monoisotopic (exact) mass is 396 g/mol. The molecule has 0 aromatic heterocycles. The van der Waals surface area contributed by atoms with Crippen LogP contribution in [0.5, 0.6) is 5.75 Å². The summed E-state index contributed by atoms with van der Waals surface area (Å²) in [6.07, 6.45) is 0.148. The van der Waals surface area contributed by atoms with Gasteiger partial charge in [-0.15, -0.1) is 0 Å². The van der Waals surface area contributed by atoms with E-state index in [1.165, 1.54) is 4.90 Å². The van der Waals surface area contributed by atoms with E-state index < -0.39 is 12.1 Å². The zero-order chi connectivity index (χ0) is 20.8. The van der Waals surface area contributed by atoms with Gasteiger partial charge in [-0.3, -0.25) is 9.59 Å². The predicted molar refractivity (Wildman–Crippen MR) is 107 cm³/mol. The number of carbonyl (C=O) groups excluding carboxylic acids is 3. The van der Waals surface area contributed by atoms with Crippen LogP contribution in [-0.2, 0) is 32.1 Å². The van der Waals surface area contributed by atoms with Crippen LogP contribution in [0.15, 0.2) is 48.5 Å². The highest BCUT2D eigenvalue weighted by Gasteiger charge is 2.22. The van der Waals surface area contributed by atoms with Crippen LogP contribution in [-0.4, -0.2) is 42.4 Å². The SMILES string of the molecule is CC(OC(=O)COc1ccc2c(c1)CCC(=O)N2)C(=O)N(C)Cc1ccccc1. The van der Waals surface area contributed by atoms with Crippen LogP contribution in [0.1, 0.15) is 24.5 Å².